The highest BCUT2D eigenvalue weighted by Gasteiger charge is 2.39. The van der Waals surface area contributed by atoms with Crippen LogP contribution in [0.5, 0.6) is 0 Å². The largest absolute Gasteiger partial charge is 0.483 e. The number of hydrogen-bond donors (Lipinski definition) is 4. The van der Waals surface area contributed by atoms with Crippen molar-refractivity contribution in [1.29, 1.82) is 0 Å². The van der Waals surface area contributed by atoms with Crippen LogP contribution in [0.3, 0.4) is 0 Å². The van der Waals surface area contributed by atoms with Crippen LogP contribution in [-0.4, -0.2) is 67.9 Å². The smallest absolute Gasteiger partial charge is 0.435 e. The van der Waals surface area contributed by atoms with Gasteiger partial charge in [0.1, 0.15) is 0 Å². The van der Waals surface area contributed by atoms with Gasteiger partial charge in [-0.3, -0.25) is 18.7 Å². The van der Waals surface area contributed by atoms with Crippen LogP contribution in [0, 0.1) is 0 Å². The molecule has 12 nitrogen and oxygen atoms in total. The topological polar surface area (TPSA) is 162 Å². The summed E-state index contributed by atoms with van der Waals surface area (Å²) in [5.41, 5.74) is 7.17. The maximum Gasteiger partial charge on any atom is 0.435 e. The third-order valence-electron chi connectivity index (χ3n) is 7.17. The average molecular weight is 617 g/mol. The number of fused-ring (bicyclic) bond motifs is 1. The number of rotatable bonds is 12. The number of imidazole rings is 1. The highest BCUT2D eigenvalue weighted by atomic mass is 19.4. The van der Waals surface area contributed by atoms with E-state index in [1.54, 1.807) is 22.7 Å². The molecule has 0 spiro atoms. The number of anilines is 2. The van der Waals surface area contributed by atoms with Crippen LogP contribution in [0.1, 0.15) is 60.3 Å². The Morgan fingerprint density at radius 3 is 2.68 bits per heavy atom. The Bertz CT molecular complexity index is 1570. The molecule has 44 heavy (non-hydrogen) atoms. The van der Waals surface area contributed by atoms with Crippen LogP contribution in [0.15, 0.2) is 43.0 Å². The molecule has 1 amide bonds. The highest BCUT2D eigenvalue weighted by Crippen LogP contribution is 2.40. The Morgan fingerprint density at radius 2 is 2.02 bits per heavy atom. The zero-order valence-electron chi connectivity index (χ0n) is 24.2. The van der Waals surface area contributed by atoms with Gasteiger partial charge in [0, 0.05) is 43.0 Å². The van der Waals surface area contributed by atoms with E-state index >= 15 is 0 Å². The first kappa shape index (κ1) is 32.4. The first-order valence-electron chi connectivity index (χ1n) is 14.2. The third kappa shape index (κ3) is 7.52. The van der Waals surface area contributed by atoms with Crippen molar-refractivity contribution in [1.82, 2.24) is 29.5 Å². The summed E-state index contributed by atoms with van der Waals surface area (Å²) in [5.74, 6) is 0.171. The Kier molecular flexibility index (Phi) is 10.9. The van der Waals surface area contributed by atoms with Gasteiger partial charge in [-0.25, -0.2) is 9.97 Å². The molecule has 1 saturated carbocycles. The van der Waals surface area contributed by atoms with E-state index < -0.39 is 11.9 Å². The number of carboxylic acid groups (broad SMARTS) is 1. The van der Waals surface area contributed by atoms with Crippen molar-refractivity contribution in [2.75, 3.05) is 31.6 Å². The number of amides is 1. The number of carbonyl (C=O) groups excluding carboxylic acids is 1. The van der Waals surface area contributed by atoms with Gasteiger partial charge in [0.05, 0.1) is 30.1 Å². The zero-order valence-corrected chi connectivity index (χ0v) is 24.2. The Morgan fingerprint density at radius 1 is 1.25 bits per heavy atom. The minimum Gasteiger partial charge on any atom is -0.483 e. The minimum atomic E-state index is -4.61. The van der Waals surface area contributed by atoms with E-state index in [2.05, 4.69) is 25.7 Å². The molecule has 3 heterocycles. The number of aryl methyl sites for hydroxylation is 1. The number of ether oxygens (including phenoxy) is 1. The number of alkyl halides is 3. The fourth-order valence-corrected chi connectivity index (χ4v) is 4.78. The zero-order chi connectivity index (χ0) is 31.7. The molecule has 3 aromatic heterocycles. The van der Waals surface area contributed by atoms with E-state index in [0.29, 0.717) is 55.4 Å². The molecule has 1 aliphatic rings. The lowest BCUT2D eigenvalue weighted by atomic mass is 9.93. The third-order valence-corrected chi connectivity index (χ3v) is 7.17. The van der Waals surface area contributed by atoms with Crippen LogP contribution in [-0.2, 0) is 22.1 Å². The van der Waals surface area contributed by atoms with E-state index in [4.69, 9.17) is 20.4 Å². The fraction of sp³-hybridized carbons (Fsp3) is 0.414. The molecule has 0 atom stereocenters. The van der Waals surface area contributed by atoms with Crippen LogP contribution in [0.4, 0.5) is 24.7 Å². The van der Waals surface area contributed by atoms with Crippen LogP contribution in [0.25, 0.3) is 16.9 Å². The van der Waals surface area contributed by atoms with Gasteiger partial charge in [-0.1, -0.05) is 6.92 Å². The van der Waals surface area contributed by atoms with Gasteiger partial charge in [-0.15, -0.1) is 0 Å². The normalized spacial score (nSPS) is 13.2. The number of hydrogen-bond acceptors (Lipinski definition) is 8. The molecule has 5 rings (SSSR count). The Hall–Kier alpha value is -4.50. The SMILES string of the molecule is CCc1cc(Nc2nccn3c(-c4cn(C5CCC5)nc4C(F)(F)F)cnc23)ccc1C(=O)NCCOCCCN.O=CO. The molecule has 0 unspecified atom stereocenters. The molecule has 236 valence electrons. The lowest BCUT2D eigenvalue weighted by Gasteiger charge is -2.25. The molecule has 5 N–H and O–H groups in total. The van der Waals surface area contributed by atoms with Gasteiger partial charge >= 0.3 is 6.18 Å². The first-order valence-corrected chi connectivity index (χ1v) is 14.2. The molecule has 1 aromatic carbocycles. The van der Waals surface area contributed by atoms with Crippen LogP contribution >= 0.6 is 0 Å². The fourth-order valence-electron chi connectivity index (χ4n) is 4.78. The van der Waals surface area contributed by atoms with Gasteiger partial charge in [-0.2, -0.15) is 18.3 Å². The summed E-state index contributed by atoms with van der Waals surface area (Å²) in [7, 11) is 0. The summed E-state index contributed by atoms with van der Waals surface area (Å²) >= 11 is 0. The summed E-state index contributed by atoms with van der Waals surface area (Å²) in [5, 5.41) is 16.9. The number of carbonyl (C=O) groups is 2. The molecule has 1 aliphatic carbocycles. The molecular formula is C29H35F3N8O4. The number of nitrogens with two attached hydrogens (primary N) is 1. The lowest BCUT2D eigenvalue weighted by Crippen LogP contribution is -2.28. The second-order valence-corrected chi connectivity index (χ2v) is 10.0. The van der Waals surface area contributed by atoms with Crippen LogP contribution in [0.2, 0.25) is 0 Å². The summed E-state index contributed by atoms with van der Waals surface area (Å²) in [6.45, 7) is 3.60. The monoisotopic (exact) mass is 616 g/mol. The van der Waals surface area contributed by atoms with Crippen molar-refractivity contribution in [2.45, 2.75) is 51.2 Å². The van der Waals surface area contributed by atoms with E-state index in [0.717, 1.165) is 31.2 Å². The van der Waals surface area contributed by atoms with Crippen LogP contribution < -0.4 is 16.4 Å². The van der Waals surface area contributed by atoms with Gasteiger partial charge in [0.25, 0.3) is 12.4 Å². The van der Waals surface area contributed by atoms with E-state index in [1.165, 1.54) is 23.3 Å². The molecule has 0 saturated heterocycles. The second kappa shape index (κ2) is 14.8. The number of nitrogens with one attached hydrogen (secondary N) is 2. The molecule has 1 fully saturated rings. The summed E-state index contributed by atoms with van der Waals surface area (Å²) in [6.07, 6.45) is 5.33. The first-order chi connectivity index (χ1) is 21.2. The van der Waals surface area contributed by atoms with Gasteiger partial charge in [-0.05, 0) is 62.4 Å². The van der Waals surface area contributed by atoms with Crippen molar-refractivity contribution >= 4 is 29.5 Å². The summed E-state index contributed by atoms with van der Waals surface area (Å²) < 4.78 is 50.2. The lowest BCUT2D eigenvalue weighted by molar-refractivity contribution is -0.141. The van der Waals surface area contributed by atoms with E-state index in [-0.39, 0.29) is 29.7 Å². The predicted octanol–water partition coefficient (Wildman–Crippen LogP) is 4.44. The van der Waals surface area contributed by atoms with Crippen molar-refractivity contribution in [2.24, 2.45) is 5.73 Å². The standard InChI is InChI=1S/C28H33F3N8O2.CH2O2/c1-2-18-15-19(7-8-21(18)27(40)34-11-14-41-13-4-9-32)36-25-26-35-16-23(38(26)12-10-33-25)22-17-39(20-5-3-6-20)37-24(22)28(29,30)31;2-1-3/h7-8,10,12,15-17,20H,2-6,9,11,13-14,32H2,1H3,(H,33,36)(H,34,40);1H,(H,2,3). The maximum atomic E-state index is 13.9. The highest BCUT2D eigenvalue weighted by molar-refractivity contribution is 5.96. The Balaban J connectivity index is 0.00000141. The van der Waals surface area contributed by atoms with Crippen molar-refractivity contribution < 1.29 is 32.6 Å². The second-order valence-electron chi connectivity index (χ2n) is 10.0. The van der Waals surface area contributed by atoms with E-state index in [1.807, 2.05) is 13.0 Å². The molecule has 15 heteroatoms. The molecule has 0 aliphatic heterocycles. The van der Waals surface area contributed by atoms with Crippen molar-refractivity contribution in [3.8, 4) is 11.3 Å². The number of halogens is 3. The van der Waals surface area contributed by atoms with E-state index in [9.17, 15) is 18.0 Å². The number of aromatic nitrogens is 5. The van der Waals surface area contributed by atoms with Crippen molar-refractivity contribution in [3.63, 3.8) is 0 Å². The molecule has 0 bridgehead atoms. The van der Waals surface area contributed by atoms with Gasteiger partial charge in [0.15, 0.2) is 17.2 Å². The summed E-state index contributed by atoms with van der Waals surface area (Å²) in [4.78, 5) is 29.9. The van der Waals surface area contributed by atoms with Crippen molar-refractivity contribution in [3.05, 3.63) is 59.8 Å². The van der Waals surface area contributed by atoms with Gasteiger partial charge < -0.3 is 26.2 Å². The predicted molar refractivity (Wildman–Crippen MR) is 157 cm³/mol. The molecule has 4 aromatic rings. The quantitative estimate of drug-likeness (QED) is 0.133. The number of nitrogens with zero attached hydrogens (tertiary/aromatic N) is 5. The van der Waals surface area contributed by atoms with Gasteiger partial charge in [0.2, 0.25) is 0 Å². The number of benzene rings is 1. The summed E-state index contributed by atoms with van der Waals surface area (Å²) in [6, 6.07) is 5.32. The Labute approximate surface area is 251 Å². The molecule has 0 radical (unpaired) electrons. The minimum absolute atomic E-state index is 0.0181. The average Bonchev–Trinajstić information content (AvgIpc) is 3.59. The molecular weight excluding hydrogens is 581 g/mol. The maximum absolute atomic E-state index is 13.9.